The van der Waals surface area contributed by atoms with Gasteiger partial charge in [-0.15, -0.1) is 0 Å². The SMILES string of the molecule is FC(F)(F)CN1CC2CCCNC2C1. The van der Waals surface area contributed by atoms with Gasteiger partial charge in [0, 0.05) is 19.1 Å². The quantitative estimate of drug-likeness (QED) is 0.697. The van der Waals surface area contributed by atoms with E-state index in [1.807, 2.05) is 0 Å². The minimum Gasteiger partial charge on any atom is -0.312 e. The summed E-state index contributed by atoms with van der Waals surface area (Å²) in [5.41, 5.74) is 0. The fraction of sp³-hybridized carbons (Fsp3) is 1.00. The summed E-state index contributed by atoms with van der Waals surface area (Å²) < 4.78 is 36.4. The van der Waals surface area contributed by atoms with Crippen molar-refractivity contribution in [3.63, 3.8) is 0 Å². The van der Waals surface area contributed by atoms with Gasteiger partial charge in [-0.3, -0.25) is 4.90 Å². The molecule has 0 amide bonds. The summed E-state index contributed by atoms with van der Waals surface area (Å²) in [6, 6.07) is 0.297. The van der Waals surface area contributed by atoms with Crippen LogP contribution in [0.4, 0.5) is 13.2 Å². The molecule has 0 aromatic rings. The van der Waals surface area contributed by atoms with E-state index in [4.69, 9.17) is 0 Å². The maximum Gasteiger partial charge on any atom is 0.401 e. The van der Waals surface area contributed by atoms with E-state index in [9.17, 15) is 13.2 Å². The molecule has 2 heterocycles. The molecule has 2 saturated heterocycles. The van der Waals surface area contributed by atoms with Crippen LogP contribution in [0.25, 0.3) is 0 Å². The monoisotopic (exact) mass is 208 g/mol. The zero-order valence-corrected chi connectivity index (χ0v) is 7.98. The first-order valence-corrected chi connectivity index (χ1v) is 5.07. The number of hydrogen-bond acceptors (Lipinski definition) is 2. The Balaban J connectivity index is 1.87. The third-order valence-corrected chi connectivity index (χ3v) is 3.08. The van der Waals surface area contributed by atoms with Gasteiger partial charge in [0.1, 0.15) is 0 Å². The summed E-state index contributed by atoms with van der Waals surface area (Å²) in [4.78, 5) is 1.52. The number of nitrogens with one attached hydrogen (secondary N) is 1. The van der Waals surface area contributed by atoms with Crippen LogP contribution < -0.4 is 5.32 Å². The van der Waals surface area contributed by atoms with Gasteiger partial charge in [-0.25, -0.2) is 0 Å². The van der Waals surface area contributed by atoms with E-state index in [1.165, 1.54) is 4.90 Å². The second kappa shape index (κ2) is 3.70. The Bertz CT molecular complexity index is 191. The van der Waals surface area contributed by atoms with E-state index in [-0.39, 0.29) is 0 Å². The third kappa shape index (κ3) is 2.39. The third-order valence-electron chi connectivity index (χ3n) is 3.08. The minimum atomic E-state index is -4.05. The fourth-order valence-corrected chi connectivity index (χ4v) is 2.52. The molecule has 0 radical (unpaired) electrons. The number of alkyl halides is 3. The van der Waals surface area contributed by atoms with Crippen molar-refractivity contribution in [1.29, 1.82) is 0 Å². The fourth-order valence-electron chi connectivity index (χ4n) is 2.52. The maximum atomic E-state index is 12.1. The van der Waals surface area contributed by atoms with Gasteiger partial charge in [0.25, 0.3) is 0 Å². The van der Waals surface area contributed by atoms with Crippen LogP contribution in [-0.2, 0) is 0 Å². The Morgan fingerprint density at radius 2 is 2.07 bits per heavy atom. The summed E-state index contributed by atoms with van der Waals surface area (Å²) in [7, 11) is 0. The summed E-state index contributed by atoms with van der Waals surface area (Å²) in [5.74, 6) is 0.436. The number of rotatable bonds is 1. The van der Waals surface area contributed by atoms with Crippen molar-refractivity contribution >= 4 is 0 Å². The molecule has 2 fully saturated rings. The second-order valence-electron chi connectivity index (χ2n) is 4.27. The molecule has 0 aromatic heterocycles. The van der Waals surface area contributed by atoms with Crippen molar-refractivity contribution in [2.45, 2.75) is 25.1 Å². The highest BCUT2D eigenvalue weighted by molar-refractivity contribution is 4.92. The molecule has 0 aliphatic carbocycles. The molecule has 2 rings (SSSR count). The first-order chi connectivity index (χ1) is 6.54. The van der Waals surface area contributed by atoms with Crippen molar-refractivity contribution < 1.29 is 13.2 Å². The first-order valence-electron chi connectivity index (χ1n) is 5.07. The molecule has 0 saturated carbocycles. The highest BCUT2D eigenvalue weighted by Gasteiger charge is 2.39. The summed E-state index contributed by atoms with van der Waals surface area (Å²) in [6.07, 6.45) is -1.87. The number of hydrogen-bond donors (Lipinski definition) is 1. The molecule has 0 bridgehead atoms. The first kappa shape index (κ1) is 10.2. The Hall–Kier alpha value is -0.290. The van der Waals surface area contributed by atoms with Crippen LogP contribution in [0.3, 0.4) is 0 Å². The Kier molecular flexibility index (Phi) is 2.70. The van der Waals surface area contributed by atoms with Crippen LogP contribution in [0, 0.1) is 5.92 Å². The largest absolute Gasteiger partial charge is 0.401 e. The van der Waals surface area contributed by atoms with Gasteiger partial charge < -0.3 is 5.32 Å². The van der Waals surface area contributed by atoms with Crippen LogP contribution in [-0.4, -0.2) is 43.3 Å². The highest BCUT2D eigenvalue weighted by atomic mass is 19.4. The Morgan fingerprint density at radius 3 is 2.71 bits per heavy atom. The van der Waals surface area contributed by atoms with Crippen LogP contribution in [0.5, 0.6) is 0 Å². The van der Waals surface area contributed by atoms with Gasteiger partial charge in [-0.05, 0) is 25.3 Å². The van der Waals surface area contributed by atoms with Crippen molar-refractivity contribution in [1.82, 2.24) is 10.2 Å². The Labute approximate surface area is 81.5 Å². The van der Waals surface area contributed by atoms with Gasteiger partial charge in [-0.2, -0.15) is 13.2 Å². The zero-order valence-electron chi connectivity index (χ0n) is 7.98. The smallest absolute Gasteiger partial charge is 0.312 e. The van der Waals surface area contributed by atoms with Crippen molar-refractivity contribution in [3.8, 4) is 0 Å². The molecule has 82 valence electrons. The highest BCUT2D eigenvalue weighted by Crippen LogP contribution is 2.27. The van der Waals surface area contributed by atoms with Gasteiger partial charge in [-0.1, -0.05) is 0 Å². The van der Waals surface area contributed by atoms with Crippen molar-refractivity contribution in [3.05, 3.63) is 0 Å². The van der Waals surface area contributed by atoms with Crippen LogP contribution in [0.15, 0.2) is 0 Å². The maximum absolute atomic E-state index is 12.1. The van der Waals surface area contributed by atoms with Gasteiger partial charge in [0.2, 0.25) is 0 Å². The summed E-state index contributed by atoms with van der Waals surface area (Å²) in [5, 5.41) is 3.29. The predicted molar refractivity (Wildman–Crippen MR) is 47.0 cm³/mol. The van der Waals surface area contributed by atoms with Crippen molar-refractivity contribution in [2.75, 3.05) is 26.2 Å². The van der Waals surface area contributed by atoms with Crippen LogP contribution in [0.2, 0.25) is 0 Å². The lowest BCUT2D eigenvalue weighted by atomic mass is 9.94. The average Bonchev–Trinajstić information content (AvgIpc) is 2.42. The van der Waals surface area contributed by atoms with Gasteiger partial charge in [0.05, 0.1) is 6.54 Å². The molecule has 1 N–H and O–H groups in total. The lowest BCUT2D eigenvalue weighted by molar-refractivity contribution is -0.143. The van der Waals surface area contributed by atoms with Crippen LogP contribution in [0.1, 0.15) is 12.8 Å². The lowest BCUT2D eigenvalue weighted by Gasteiger charge is -2.24. The predicted octanol–water partition coefficient (Wildman–Crippen LogP) is 1.23. The normalized spacial score (nSPS) is 34.5. The van der Waals surface area contributed by atoms with E-state index >= 15 is 0 Å². The van der Waals surface area contributed by atoms with Crippen molar-refractivity contribution in [2.24, 2.45) is 5.92 Å². The lowest BCUT2D eigenvalue weighted by Crippen LogP contribution is -2.41. The molecule has 2 atom stereocenters. The van der Waals surface area contributed by atoms with Gasteiger partial charge in [0.15, 0.2) is 0 Å². The molecule has 2 nitrogen and oxygen atoms in total. The molecule has 5 heteroatoms. The second-order valence-corrected chi connectivity index (χ2v) is 4.27. The van der Waals surface area contributed by atoms with E-state index < -0.39 is 12.7 Å². The number of piperidine rings is 1. The zero-order chi connectivity index (χ0) is 10.2. The molecular formula is C9H15F3N2. The minimum absolute atomic E-state index is 0.297. The van der Waals surface area contributed by atoms with E-state index in [0.717, 1.165) is 19.4 Å². The molecule has 0 aromatic carbocycles. The molecule has 2 aliphatic heterocycles. The summed E-state index contributed by atoms with van der Waals surface area (Å²) >= 11 is 0. The van der Waals surface area contributed by atoms with E-state index in [2.05, 4.69) is 5.32 Å². The number of fused-ring (bicyclic) bond motifs is 1. The number of likely N-dealkylation sites (tertiary alicyclic amines) is 1. The molecule has 14 heavy (non-hydrogen) atoms. The van der Waals surface area contributed by atoms with E-state index in [0.29, 0.717) is 25.0 Å². The molecule has 2 aliphatic rings. The van der Waals surface area contributed by atoms with Crippen LogP contribution >= 0.6 is 0 Å². The van der Waals surface area contributed by atoms with E-state index in [1.54, 1.807) is 0 Å². The number of halogens is 3. The molecular weight excluding hydrogens is 193 g/mol. The summed E-state index contributed by atoms with van der Waals surface area (Å²) in [6.45, 7) is 1.38. The van der Waals surface area contributed by atoms with Gasteiger partial charge >= 0.3 is 6.18 Å². The Morgan fingerprint density at radius 1 is 1.29 bits per heavy atom. The molecule has 0 spiro atoms. The molecule has 2 unspecified atom stereocenters. The number of nitrogens with zero attached hydrogens (tertiary/aromatic N) is 1. The topological polar surface area (TPSA) is 15.3 Å². The standard InChI is InChI=1S/C9H15F3N2/c10-9(11,12)6-14-4-7-2-1-3-13-8(7)5-14/h7-8,13H,1-6H2. The average molecular weight is 208 g/mol.